The van der Waals surface area contributed by atoms with E-state index in [0.29, 0.717) is 13.2 Å². The Labute approximate surface area is 225 Å². The zero-order chi connectivity index (χ0) is 28.1. The summed E-state index contributed by atoms with van der Waals surface area (Å²) in [4.78, 5) is 10.4. The molecule has 0 radical (unpaired) electrons. The molecule has 2 aromatic rings. The molecule has 0 aliphatic carbocycles. The van der Waals surface area contributed by atoms with E-state index in [4.69, 9.17) is 13.6 Å². The van der Waals surface area contributed by atoms with Crippen LogP contribution in [0, 0.1) is 10.1 Å². The van der Waals surface area contributed by atoms with Gasteiger partial charge in [-0.2, -0.15) is 0 Å². The van der Waals surface area contributed by atoms with Crippen LogP contribution < -0.4 is 4.74 Å². The molecule has 0 saturated heterocycles. The summed E-state index contributed by atoms with van der Waals surface area (Å²) in [7, 11) is -3.86. The molecule has 0 aliphatic rings. The van der Waals surface area contributed by atoms with Gasteiger partial charge in [0.05, 0.1) is 18.1 Å². The first kappa shape index (κ1) is 31.0. The topological polar surface area (TPSA) is 70.8 Å². The van der Waals surface area contributed by atoms with Crippen molar-refractivity contribution in [2.75, 3.05) is 13.2 Å². The maximum absolute atomic E-state index is 10.8. The van der Waals surface area contributed by atoms with Gasteiger partial charge < -0.3 is 13.6 Å². The van der Waals surface area contributed by atoms with Gasteiger partial charge in [0.2, 0.25) is 0 Å². The molecule has 0 heterocycles. The summed E-state index contributed by atoms with van der Waals surface area (Å²) >= 11 is 0. The van der Waals surface area contributed by atoms with Crippen LogP contribution in [0.1, 0.15) is 52.7 Å². The summed E-state index contributed by atoms with van der Waals surface area (Å²) in [6.07, 6.45) is 3.70. The third-order valence-corrected chi connectivity index (χ3v) is 16.6. The average molecular weight is 544 g/mol. The highest BCUT2D eigenvalue weighted by atomic mass is 28.4. The number of hydrogen-bond acceptors (Lipinski definition) is 5. The van der Waals surface area contributed by atoms with E-state index >= 15 is 0 Å². The van der Waals surface area contributed by atoms with E-state index in [-0.39, 0.29) is 21.9 Å². The molecule has 0 aliphatic heterocycles. The van der Waals surface area contributed by atoms with Crippen molar-refractivity contribution in [3.05, 3.63) is 69.8 Å². The van der Waals surface area contributed by atoms with Crippen molar-refractivity contribution >= 4 is 34.5 Å². The summed E-state index contributed by atoms with van der Waals surface area (Å²) in [6, 6.07) is 14.4. The normalized spacial score (nSPS) is 13.4. The van der Waals surface area contributed by atoms with Crippen LogP contribution >= 0.6 is 0 Å². The zero-order valence-corrected chi connectivity index (χ0v) is 26.3. The molecule has 0 unspecified atom stereocenters. The standard InChI is InChI=1S/C29H45NO5Si2/c1-28(2,3)36(7,8)33-21-27(22-34-37(9,10)29(4,5)6)35-26-19-15-24(16-20-26)12-11-23-13-17-25(18-14-23)30(31)32/h11-20,27H,21-22H2,1-10H3. The Balaban J connectivity index is 2.11. The fourth-order valence-electron chi connectivity index (χ4n) is 2.90. The first-order chi connectivity index (χ1) is 16.9. The lowest BCUT2D eigenvalue weighted by atomic mass is 10.1. The molecule has 0 amide bonds. The Kier molecular flexibility index (Phi) is 10.1. The highest BCUT2D eigenvalue weighted by Gasteiger charge is 2.40. The van der Waals surface area contributed by atoms with Crippen LogP contribution in [0.4, 0.5) is 5.69 Å². The van der Waals surface area contributed by atoms with Crippen LogP contribution in [-0.4, -0.2) is 40.9 Å². The van der Waals surface area contributed by atoms with Gasteiger partial charge in [-0.15, -0.1) is 0 Å². The number of ether oxygens (including phenoxy) is 1. The number of nitro benzene ring substituents is 1. The number of benzene rings is 2. The number of nitrogens with zero attached hydrogens (tertiary/aromatic N) is 1. The smallest absolute Gasteiger partial charge is 0.269 e. The Hall–Kier alpha value is -2.27. The van der Waals surface area contributed by atoms with Crippen molar-refractivity contribution in [3.63, 3.8) is 0 Å². The molecule has 0 atom stereocenters. The van der Waals surface area contributed by atoms with Gasteiger partial charge in [0.15, 0.2) is 16.6 Å². The fourth-order valence-corrected chi connectivity index (χ4v) is 4.97. The average Bonchev–Trinajstić information content (AvgIpc) is 2.79. The molecule has 0 bridgehead atoms. The van der Waals surface area contributed by atoms with E-state index < -0.39 is 21.6 Å². The molecule has 2 rings (SSSR count). The predicted octanol–water partition coefficient (Wildman–Crippen LogP) is 8.56. The number of rotatable bonds is 11. The van der Waals surface area contributed by atoms with Crippen LogP contribution in [0.2, 0.25) is 36.3 Å². The maximum Gasteiger partial charge on any atom is 0.269 e. The van der Waals surface area contributed by atoms with Crippen molar-refractivity contribution in [1.82, 2.24) is 0 Å². The minimum Gasteiger partial charge on any atom is -0.486 e. The highest BCUT2D eigenvalue weighted by Crippen LogP contribution is 2.38. The number of non-ortho nitro benzene ring substituents is 1. The molecule has 204 valence electrons. The van der Waals surface area contributed by atoms with Gasteiger partial charge in [-0.3, -0.25) is 10.1 Å². The quantitative estimate of drug-likeness (QED) is 0.123. The van der Waals surface area contributed by atoms with Crippen LogP contribution in [-0.2, 0) is 8.85 Å². The molecule has 0 N–H and O–H groups in total. The second kappa shape index (κ2) is 12.1. The summed E-state index contributed by atoms with van der Waals surface area (Å²) in [5.41, 5.74) is 2.00. The molecule has 0 fully saturated rings. The summed E-state index contributed by atoms with van der Waals surface area (Å²) < 4.78 is 19.4. The van der Waals surface area contributed by atoms with Crippen LogP contribution in [0.25, 0.3) is 12.2 Å². The highest BCUT2D eigenvalue weighted by molar-refractivity contribution is 6.74. The number of nitro groups is 1. The molecule has 0 aromatic heterocycles. The predicted molar refractivity (Wildman–Crippen MR) is 159 cm³/mol. The van der Waals surface area contributed by atoms with Crippen molar-refractivity contribution in [2.24, 2.45) is 0 Å². The lowest BCUT2D eigenvalue weighted by molar-refractivity contribution is -0.384. The summed E-state index contributed by atoms with van der Waals surface area (Å²) in [5.74, 6) is 0.773. The molecular weight excluding hydrogens is 498 g/mol. The molecule has 8 heteroatoms. The van der Waals surface area contributed by atoms with Crippen molar-refractivity contribution in [2.45, 2.75) is 83.9 Å². The van der Waals surface area contributed by atoms with E-state index in [1.165, 1.54) is 12.1 Å². The van der Waals surface area contributed by atoms with Gasteiger partial charge in [0.1, 0.15) is 11.9 Å². The van der Waals surface area contributed by atoms with E-state index in [2.05, 4.69) is 67.7 Å². The van der Waals surface area contributed by atoms with Gasteiger partial charge in [-0.25, -0.2) is 0 Å². The number of hydrogen-bond donors (Lipinski definition) is 0. The maximum atomic E-state index is 10.8. The molecule has 0 spiro atoms. The van der Waals surface area contributed by atoms with E-state index in [9.17, 15) is 10.1 Å². The SMILES string of the molecule is CC(C)(C)[Si](C)(C)OCC(CO[Si](C)(C)C(C)(C)C)Oc1ccc(C=Cc2ccc([N+](=O)[O-])cc2)cc1. The first-order valence-electron chi connectivity index (χ1n) is 12.9. The second-order valence-electron chi connectivity index (χ2n) is 12.6. The van der Waals surface area contributed by atoms with Crippen molar-refractivity contribution < 1.29 is 18.5 Å². The van der Waals surface area contributed by atoms with Crippen molar-refractivity contribution in [3.8, 4) is 5.75 Å². The van der Waals surface area contributed by atoms with Crippen molar-refractivity contribution in [1.29, 1.82) is 0 Å². The van der Waals surface area contributed by atoms with E-state index in [1.54, 1.807) is 12.1 Å². The monoisotopic (exact) mass is 543 g/mol. The lowest BCUT2D eigenvalue weighted by Gasteiger charge is -2.39. The minimum atomic E-state index is -1.93. The molecule has 0 saturated carbocycles. The molecule has 2 aromatic carbocycles. The zero-order valence-electron chi connectivity index (χ0n) is 24.3. The van der Waals surface area contributed by atoms with Gasteiger partial charge in [-0.05, 0) is 71.7 Å². The first-order valence-corrected chi connectivity index (χ1v) is 18.7. The van der Waals surface area contributed by atoms with Gasteiger partial charge in [-0.1, -0.05) is 65.8 Å². The molecular formula is C29H45NO5Si2. The van der Waals surface area contributed by atoms with Crippen LogP contribution in [0.5, 0.6) is 5.75 Å². The molecule has 6 nitrogen and oxygen atoms in total. The summed E-state index contributed by atoms with van der Waals surface area (Å²) in [5, 5.41) is 11.1. The molecule has 37 heavy (non-hydrogen) atoms. The van der Waals surface area contributed by atoms with Gasteiger partial charge in [0.25, 0.3) is 5.69 Å². The lowest BCUT2D eigenvalue weighted by Crippen LogP contribution is -2.47. The van der Waals surface area contributed by atoms with Gasteiger partial charge in [0, 0.05) is 12.1 Å². The minimum absolute atomic E-state index is 0.0864. The fraction of sp³-hybridized carbons (Fsp3) is 0.517. The largest absolute Gasteiger partial charge is 0.486 e. The Morgan fingerprint density at radius 3 is 1.49 bits per heavy atom. The second-order valence-corrected chi connectivity index (χ2v) is 22.3. The Morgan fingerprint density at radius 1 is 0.757 bits per heavy atom. The third kappa shape index (κ3) is 9.21. The van der Waals surface area contributed by atoms with Gasteiger partial charge >= 0.3 is 0 Å². The van der Waals surface area contributed by atoms with Crippen LogP contribution in [0.3, 0.4) is 0 Å². The van der Waals surface area contributed by atoms with Crippen LogP contribution in [0.15, 0.2) is 48.5 Å². The van der Waals surface area contributed by atoms with E-state index in [1.807, 2.05) is 36.4 Å². The Bertz CT molecular complexity index is 1020. The van der Waals surface area contributed by atoms with E-state index in [0.717, 1.165) is 16.9 Å². The Morgan fingerprint density at radius 2 is 1.14 bits per heavy atom. The third-order valence-electron chi connectivity index (χ3n) is 7.63. The summed E-state index contributed by atoms with van der Waals surface area (Å²) in [6.45, 7) is 23.4.